The van der Waals surface area contributed by atoms with Crippen LogP contribution in [0.15, 0.2) is 109 Å². The van der Waals surface area contributed by atoms with E-state index in [0.29, 0.717) is 19.3 Å². The van der Waals surface area contributed by atoms with Crippen LogP contribution in [0.5, 0.6) is 0 Å². The minimum atomic E-state index is -0.815. The van der Waals surface area contributed by atoms with E-state index in [-0.39, 0.29) is 24.9 Å². The lowest BCUT2D eigenvalue weighted by Gasteiger charge is -2.24. The lowest BCUT2D eigenvalue weighted by atomic mass is 10.0. The minimum absolute atomic E-state index is 0.0227. The Morgan fingerprint density at radius 1 is 0.437 bits per heavy atom. The van der Waals surface area contributed by atoms with Crippen LogP contribution in [-0.4, -0.2) is 46.9 Å². The van der Waals surface area contributed by atoms with Crippen molar-refractivity contribution in [3.8, 4) is 0 Å². The van der Waals surface area contributed by atoms with E-state index in [1.807, 2.05) is 0 Å². The first-order chi connectivity index (χ1) is 35.0. The molecule has 6 nitrogen and oxygen atoms in total. The molecule has 0 spiro atoms. The molecule has 0 aromatic heterocycles. The third-order valence-electron chi connectivity index (χ3n) is 12.9. The Labute approximate surface area is 438 Å². The molecule has 3 atom stereocenters. The van der Waals surface area contributed by atoms with Gasteiger partial charge in [0.2, 0.25) is 5.91 Å². The molecule has 406 valence electrons. The predicted octanol–water partition coefficient (Wildman–Crippen LogP) is 18.6. The van der Waals surface area contributed by atoms with Gasteiger partial charge in [-0.25, -0.2) is 0 Å². The number of aliphatic hydroxyl groups is 2. The van der Waals surface area contributed by atoms with E-state index in [1.165, 1.54) is 109 Å². The number of ether oxygens (including phenoxy) is 1. The van der Waals surface area contributed by atoms with Gasteiger partial charge < -0.3 is 20.3 Å². The molecular formula is C65H111NO5. The number of nitrogens with one attached hydrogen (secondary N) is 1. The number of aliphatic hydroxyl groups excluding tert-OH is 2. The summed E-state index contributed by atoms with van der Waals surface area (Å²) in [6, 6.07) is -0.734. The van der Waals surface area contributed by atoms with Gasteiger partial charge in [-0.05, 0) is 89.9 Å². The van der Waals surface area contributed by atoms with Gasteiger partial charge in [0.05, 0.1) is 25.2 Å². The summed E-state index contributed by atoms with van der Waals surface area (Å²) in [6.07, 6.45) is 78.7. The number of rotatable bonds is 52. The van der Waals surface area contributed by atoms with Gasteiger partial charge in [0.15, 0.2) is 0 Å². The Hall–Kier alpha value is -3.48. The predicted molar refractivity (Wildman–Crippen MR) is 310 cm³/mol. The van der Waals surface area contributed by atoms with E-state index in [9.17, 15) is 19.8 Å². The van der Waals surface area contributed by atoms with Gasteiger partial charge >= 0.3 is 5.97 Å². The van der Waals surface area contributed by atoms with Crippen LogP contribution in [0.1, 0.15) is 265 Å². The van der Waals surface area contributed by atoms with Crippen LogP contribution in [0.25, 0.3) is 0 Å². The SMILES string of the molecule is CC/C=C\C/C=C\C/C=C\C/C=C\C/C=C\CCCC(CC(=O)NC(CO)C(O)CCCCCCCCCCCCCCCCCCC)OC(=O)CCCCCCC/C=C/C=C/C=C/C=C/CCCCC. The number of hydrogen-bond donors (Lipinski definition) is 3. The second kappa shape index (κ2) is 57.4. The molecule has 71 heavy (non-hydrogen) atoms. The van der Waals surface area contributed by atoms with Crippen LogP contribution >= 0.6 is 0 Å². The first kappa shape index (κ1) is 67.5. The fraction of sp³-hybridized carbons (Fsp3) is 0.692. The van der Waals surface area contributed by atoms with Crippen LogP contribution in [0.2, 0.25) is 0 Å². The summed E-state index contributed by atoms with van der Waals surface area (Å²) in [5, 5.41) is 23.9. The van der Waals surface area contributed by atoms with Crippen molar-refractivity contribution in [2.75, 3.05) is 6.61 Å². The zero-order valence-corrected chi connectivity index (χ0v) is 46.3. The second-order valence-corrected chi connectivity index (χ2v) is 19.8. The van der Waals surface area contributed by atoms with Crippen LogP contribution in [0.3, 0.4) is 0 Å². The van der Waals surface area contributed by atoms with Crippen LogP contribution in [0, 0.1) is 0 Å². The van der Waals surface area contributed by atoms with Gasteiger partial charge in [0.25, 0.3) is 0 Å². The van der Waals surface area contributed by atoms with Gasteiger partial charge in [0.1, 0.15) is 6.10 Å². The van der Waals surface area contributed by atoms with E-state index in [0.717, 1.165) is 109 Å². The fourth-order valence-corrected chi connectivity index (χ4v) is 8.48. The van der Waals surface area contributed by atoms with Gasteiger partial charge in [-0.15, -0.1) is 0 Å². The van der Waals surface area contributed by atoms with E-state index in [2.05, 4.69) is 135 Å². The molecule has 1 amide bonds. The topological polar surface area (TPSA) is 95.9 Å². The molecule has 0 aromatic rings. The highest BCUT2D eigenvalue weighted by atomic mass is 16.5. The summed E-state index contributed by atoms with van der Waals surface area (Å²) in [7, 11) is 0. The molecule has 6 heteroatoms. The highest BCUT2D eigenvalue weighted by Crippen LogP contribution is 2.17. The Morgan fingerprint density at radius 2 is 0.831 bits per heavy atom. The van der Waals surface area contributed by atoms with E-state index in [1.54, 1.807) is 0 Å². The quantitative estimate of drug-likeness (QED) is 0.0244. The molecule has 0 aliphatic rings. The number of esters is 1. The average Bonchev–Trinajstić information content (AvgIpc) is 3.36. The molecule has 0 aliphatic heterocycles. The molecular weight excluding hydrogens is 875 g/mol. The average molecular weight is 987 g/mol. The Morgan fingerprint density at radius 3 is 1.32 bits per heavy atom. The van der Waals surface area contributed by atoms with Crippen LogP contribution < -0.4 is 5.32 Å². The van der Waals surface area contributed by atoms with E-state index < -0.39 is 18.2 Å². The first-order valence-electron chi connectivity index (χ1n) is 29.7. The van der Waals surface area contributed by atoms with Crippen molar-refractivity contribution in [3.05, 3.63) is 109 Å². The number of allylic oxidation sites excluding steroid dienone is 18. The number of amides is 1. The molecule has 0 rings (SSSR count). The number of carbonyl (C=O) groups is 2. The lowest BCUT2D eigenvalue weighted by molar-refractivity contribution is -0.151. The summed E-state index contributed by atoms with van der Waals surface area (Å²) >= 11 is 0. The van der Waals surface area contributed by atoms with Crippen molar-refractivity contribution in [3.63, 3.8) is 0 Å². The molecule has 0 aromatic carbocycles. The third kappa shape index (κ3) is 52.7. The maximum absolute atomic E-state index is 13.3. The van der Waals surface area contributed by atoms with Crippen molar-refractivity contribution in [2.45, 2.75) is 283 Å². The summed E-state index contributed by atoms with van der Waals surface area (Å²) in [5.41, 5.74) is 0. The number of hydrogen-bond acceptors (Lipinski definition) is 5. The van der Waals surface area contributed by atoms with Gasteiger partial charge in [-0.3, -0.25) is 9.59 Å². The van der Waals surface area contributed by atoms with Crippen molar-refractivity contribution in [1.29, 1.82) is 0 Å². The molecule has 0 saturated carbocycles. The number of unbranched alkanes of at least 4 members (excludes halogenated alkanes) is 25. The minimum Gasteiger partial charge on any atom is -0.462 e. The molecule has 0 bridgehead atoms. The first-order valence-corrected chi connectivity index (χ1v) is 29.7. The smallest absolute Gasteiger partial charge is 0.306 e. The molecule has 0 fully saturated rings. The van der Waals surface area contributed by atoms with Crippen molar-refractivity contribution < 1.29 is 24.5 Å². The molecule has 0 heterocycles. The van der Waals surface area contributed by atoms with Crippen LogP contribution in [0.4, 0.5) is 0 Å². The maximum atomic E-state index is 13.3. The summed E-state index contributed by atoms with van der Waals surface area (Å²) in [4.78, 5) is 26.3. The van der Waals surface area contributed by atoms with Gasteiger partial charge in [-0.2, -0.15) is 0 Å². The third-order valence-corrected chi connectivity index (χ3v) is 12.9. The molecule has 3 unspecified atom stereocenters. The van der Waals surface area contributed by atoms with Crippen molar-refractivity contribution >= 4 is 11.9 Å². The largest absolute Gasteiger partial charge is 0.462 e. The van der Waals surface area contributed by atoms with Gasteiger partial charge in [0, 0.05) is 6.42 Å². The zero-order valence-electron chi connectivity index (χ0n) is 46.3. The number of carbonyl (C=O) groups excluding carboxylic acids is 2. The van der Waals surface area contributed by atoms with E-state index in [4.69, 9.17) is 4.74 Å². The van der Waals surface area contributed by atoms with E-state index >= 15 is 0 Å². The molecule has 0 saturated heterocycles. The van der Waals surface area contributed by atoms with Gasteiger partial charge in [-0.1, -0.05) is 271 Å². The highest BCUT2D eigenvalue weighted by molar-refractivity contribution is 5.77. The monoisotopic (exact) mass is 986 g/mol. The summed E-state index contributed by atoms with van der Waals surface area (Å²) < 4.78 is 5.93. The normalized spacial score (nSPS) is 13.9. The fourth-order valence-electron chi connectivity index (χ4n) is 8.48. The molecule has 0 radical (unpaired) electrons. The second-order valence-electron chi connectivity index (χ2n) is 19.8. The summed E-state index contributed by atoms with van der Waals surface area (Å²) in [5.74, 6) is -0.560. The summed E-state index contributed by atoms with van der Waals surface area (Å²) in [6.45, 7) is 6.33. The highest BCUT2D eigenvalue weighted by Gasteiger charge is 2.24. The Bertz CT molecular complexity index is 1430. The standard InChI is InChI=1S/C65H111NO5/c1-4-7-10-13-16-19-22-25-28-31-34-37-40-43-46-49-52-55-58-65(70)71-61(56-53-50-47-44-41-38-35-32-29-26-23-20-17-14-11-8-5-2)59-64(69)66-62(60-67)63(68)57-54-51-48-45-42-39-36-33-30-27-24-21-18-15-12-9-6-3/h8,11,16-17,19-20,22,25-26,28-29,31,34-35,37-38,44,47,61-63,67-68H,4-7,9-10,12-15,18,21,23-24,27,30,32-33,36,39-43,45-46,48-60H2,1-3H3,(H,66,69)/b11-8-,19-16+,20-17-,25-22+,29-26-,31-28+,37-34+,38-35-,47-44-. The van der Waals surface area contributed by atoms with Crippen LogP contribution in [-0.2, 0) is 14.3 Å². The zero-order chi connectivity index (χ0) is 51.6. The molecule has 3 N–H and O–H groups in total. The molecule has 0 aliphatic carbocycles. The lowest BCUT2D eigenvalue weighted by Crippen LogP contribution is -2.46. The maximum Gasteiger partial charge on any atom is 0.306 e. The Balaban J connectivity index is 4.71. The van der Waals surface area contributed by atoms with Crippen molar-refractivity contribution in [1.82, 2.24) is 5.32 Å². The van der Waals surface area contributed by atoms with Crippen molar-refractivity contribution in [2.24, 2.45) is 0 Å². The Kier molecular flexibility index (Phi) is 54.6.